The van der Waals surface area contributed by atoms with E-state index >= 15 is 0 Å². The van der Waals surface area contributed by atoms with Gasteiger partial charge in [0.1, 0.15) is 10.4 Å². The standard InChI is InChI=1S/C28H29BrFN5O6S/c1-28(2)15-17(7-6-14-31-25(36)18-8-3-4-9-19(18)27(38)39)16-35(28)24-20(12-13-21(29)32-24)26(37)34-42(40,41)23-11-5-10-22(30)33-23/h3-5,8-13,17H,6-7,14-16H2,1-2H3,(H,31,36)(H,34,37)(H,38,39). The minimum absolute atomic E-state index is 0.0243. The zero-order valence-electron chi connectivity index (χ0n) is 22.8. The van der Waals surface area contributed by atoms with Gasteiger partial charge in [-0.15, -0.1) is 0 Å². The van der Waals surface area contributed by atoms with Gasteiger partial charge in [0.15, 0.2) is 5.03 Å². The van der Waals surface area contributed by atoms with Crippen molar-refractivity contribution in [3.05, 3.63) is 81.8 Å². The van der Waals surface area contributed by atoms with Gasteiger partial charge < -0.3 is 15.3 Å². The van der Waals surface area contributed by atoms with Crippen LogP contribution in [0.5, 0.6) is 0 Å². The number of hydrogen-bond donors (Lipinski definition) is 3. The molecule has 3 heterocycles. The number of hydrogen-bond acceptors (Lipinski definition) is 8. The first-order chi connectivity index (χ1) is 19.8. The van der Waals surface area contributed by atoms with Crippen molar-refractivity contribution in [2.45, 2.75) is 43.7 Å². The number of benzene rings is 1. The number of halogens is 2. The SMILES string of the molecule is CC1(C)CC(CCCNC(=O)c2ccccc2C(=O)O)CN1c1nc(Br)ccc1C(=O)NS(=O)(=O)c1cccc(F)n1. The third kappa shape index (κ3) is 7.10. The van der Waals surface area contributed by atoms with E-state index in [2.05, 4.69) is 31.2 Å². The molecule has 222 valence electrons. The second-order valence-electron chi connectivity index (χ2n) is 10.5. The molecule has 4 rings (SSSR count). The van der Waals surface area contributed by atoms with Crippen LogP contribution in [-0.2, 0) is 10.0 Å². The minimum Gasteiger partial charge on any atom is -0.478 e. The Labute approximate surface area is 250 Å². The molecular weight excluding hydrogens is 633 g/mol. The van der Waals surface area contributed by atoms with Gasteiger partial charge in [-0.25, -0.2) is 19.5 Å². The lowest BCUT2D eigenvalue weighted by Crippen LogP contribution is -2.41. The Morgan fingerprint density at radius 2 is 1.74 bits per heavy atom. The average molecular weight is 663 g/mol. The van der Waals surface area contributed by atoms with Crippen LogP contribution in [0.4, 0.5) is 10.2 Å². The second kappa shape index (κ2) is 12.5. The van der Waals surface area contributed by atoms with E-state index < -0.39 is 44.3 Å². The number of carboxylic acid groups (broad SMARTS) is 1. The van der Waals surface area contributed by atoms with Crippen LogP contribution in [0.2, 0.25) is 0 Å². The van der Waals surface area contributed by atoms with E-state index in [9.17, 15) is 32.3 Å². The summed E-state index contributed by atoms with van der Waals surface area (Å²) in [5, 5.41) is 11.5. The van der Waals surface area contributed by atoms with Gasteiger partial charge in [-0.2, -0.15) is 12.8 Å². The number of aromatic nitrogens is 2. The number of nitrogens with one attached hydrogen (secondary N) is 2. The van der Waals surface area contributed by atoms with E-state index in [-0.39, 0.29) is 28.4 Å². The van der Waals surface area contributed by atoms with E-state index in [1.165, 1.54) is 30.3 Å². The maximum atomic E-state index is 13.5. The molecular formula is C28H29BrFN5O6S. The number of aromatic carboxylic acids is 1. The number of carbonyl (C=O) groups is 3. The molecule has 1 atom stereocenters. The number of carbonyl (C=O) groups excluding carboxylic acids is 2. The van der Waals surface area contributed by atoms with Gasteiger partial charge in [-0.05, 0) is 91.4 Å². The van der Waals surface area contributed by atoms with Crippen molar-refractivity contribution < 1.29 is 32.3 Å². The van der Waals surface area contributed by atoms with Crippen molar-refractivity contribution in [1.82, 2.24) is 20.0 Å². The van der Waals surface area contributed by atoms with Crippen LogP contribution in [0.25, 0.3) is 0 Å². The summed E-state index contributed by atoms with van der Waals surface area (Å²) in [5.74, 6) is -3.11. The van der Waals surface area contributed by atoms with Crippen molar-refractivity contribution in [2.24, 2.45) is 5.92 Å². The molecule has 1 saturated heterocycles. The zero-order valence-corrected chi connectivity index (χ0v) is 25.2. The topological polar surface area (TPSA) is 159 Å². The molecule has 0 aliphatic carbocycles. The van der Waals surface area contributed by atoms with Gasteiger partial charge in [0.2, 0.25) is 5.95 Å². The predicted molar refractivity (Wildman–Crippen MR) is 155 cm³/mol. The molecule has 1 aliphatic heterocycles. The average Bonchev–Trinajstić information content (AvgIpc) is 3.24. The number of anilines is 1. The Kier molecular flexibility index (Phi) is 9.26. The summed E-state index contributed by atoms with van der Waals surface area (Å²) in [6, 6.07) is 12.3. The Hall–Kier alpha value is -3.91. The lowest BCUT2D eigenvalue weighted by Gasteiger charge is -2.33. The first kappa shape index (κ1) is 31.0. The van der Waals surface area contributed by atoms with Crippen LogP contribution < -0.4 is 14.9 Å². The molecule has 14 heteroatoms. The third-order valence-electron chi connectivity index (χ3n) is 6.97. The van der Waals surface area contributed by atoms with E-state index in [4.69, 9.17) is 0 Å². The van der Waals surface area contributed by atoms with E-state index in [1.807, 2.05) is 23.5 Å². The lowest BCUT2D eigenvalue weighted by atomic mass is 9.93. The molecule has 0 saturated carbocycles. The minimum atomic E-state index is -4.45. The summed E-state index contributed by atoms with van der Waals surface area (Å²) in [5.41, 5.74) is -0.388. The van der Waals surface area contributed by atoms with Crippen molar-refractivity contribution in [1.29, 1.82) is 0 Å². The first-order valence-electron chi connectivity index (χ1n) is 13.0. The van der Waals surface area contributed by atoms with Crippen LogP contribution in [0, 0.1) is 11.9 Å². The molecule has 0 spiro atoms. The molecule has 0 radical (unpaired) electrons. The fourth-order valence-electron chi connectivity index (χ4n) is 5.09. The molecule has 11 nitrogen and oxygen atoms in total. The van der Waals surface area contributed by atoms with E-state index in [0.717, 1.165) is 25.0 Å². The van der Waals surface area contributed by atoms with Crippen molar-refractivity contribution >= 4 is 49.6 Å². The monoisotopic (exact) mass is 661 g/mol. The van der Waals surface area contributed by atoms with E-state index in [1.54, 1.807) is 12.1 Å². The van der Waals surface area contributed by atoms with Gasteiger partial charge in [-0.3, -0.25) is 9.59 Å². The molecule has 1 unspecified atom stereocenters. The third-order valence-corrected chi connectivity index (χ3v) is 8.64. The number of pyridine rings is 2. The summed E-state index contributed by atoms with van der Waals surface area (Å²) >= 11 is 3.33. The number of sulfonamides is 1. The molecule has 0 bridgehead atoms. The number of carboxylic acids is 1. The molecule has 3 N–H and O–H groups in total. The van der Waals surface area contributed by atoms with E-state index in [0.29, 0.717) is 24.1 Å². The Morgan fingerprint density at radius 3 is 2.43 bits per heavy atom. The number of amides is 2. The van der Waals surface area contributed by atoms with Gasteiger partial charge in [0.25, 0.3) is 21.8 Å². The predicted octanol–water partition coefficient (Wildman–Crippen LogP) is 4.01. The van der Waals surface area contributed by atoms with Gasteiger partial charge >= 0.3 is 5.97 Å². The van der Waals surface area contributed by atoms with Gasteiger partial charge in [-0.1, -0.05) is 18.2 Å². The Bertz CT molecular complexity index is 1630. The molecule has 2 aromatic heterocycles. The maximum Gasteiger partial charge on any atom is 0.336 e. The Balaban J connectivity index is 1.43. The molecule has 2 amide bonds. The molecule has 42 heavy (non-hydrogen) atoms. The smallest absolute Gasteiger partial charge is 0.336 e. The van der Waals surface area contributed by atoms with Crippen LogP contribution in [0.1, 0.15) is 64.2 Å². The highest BCUT2D eigenvalue weighted by Crippen LogP contribution is 2.39. The fraction of sp³-hybridized carbons (Fsp3) is 0.321. The maximum absolute atomic E-state index is 13.5. The normalized spacial score (nSPS) is 16.2. The first-order valence-corrected chi connectivity index (χ1v) is 15.3. The molecule has 3 aromatic rings. The number of rotatable bonds is 10. The fourth-order valence-corrected chi connectivity index (χ4v) is 6.31. The Morgan fingerprint density at radius 1 is 1.02 bits per heavy atom. The van der Waals surface area contributed by atoms with Crippen LogP contribution in [0.3, 0.4) is 0 Å². The van der Waals surface area contributed by atoms with Crippen molar-refractivity contribution in [3.8, 4) is 0 Å². The van der Waals surface area contributed by atoms with Crippen molar-refractivity contribution in [2.75, 3.05) is 18.0 Å². The number of nitrogens with zero attached hydrogens (tertiary/aromatic N) is 3. The quantitative estimate of drug-likeness (QED) is 0.216. The van der Waals surface area contributed by atoms with Crippen LogP contribution in [0.15, 0.2) is 64.2 Å². The van der Waals surface area contributed by atoms with Crippen molar-refractivity contribution in [3.63, 3.8) is 0 Å². The summed E-state index contributed by atoms with van der Waals surface area (Å²) in [7, 11) is -4.45. The lowest BCUT2D eigenvalue weighted by molar-refractivity contribution is 0.0690. The highest BCUT2D eigenvalue weighted by molar-refractivity contribution is 9.10. The summed E-state index contributed by atoms with van der Waals surface area (Å²) in [4.78, 5) is 47.0. The zero-order chi connectivity index (χ0) is 30.7. The second-order valence-corrected chi connectivity index (χ2v) is 12.9. The molecule has 1 aromatic carbocycles. The van der Waals surface area contributed by atoms with Crippen LogP contribution in [-0.4, -0.2) is 59.9 Å². The molecule has 1 aliphatic rings. The van der Waals surface area contributed by atoms with Crippen LogP contribution >= 0.6 is 15.9 Å². The van der Waals surface area contributed by atoms with Gasteiger partial charge in [0, 0.05) is 18.6 Å². The molecule has 1 fully saturated rings. The summed E-state index contributed by atoms with van der Waals surface area (Å²) < 4.78 is 41.4. The highest BCUT2D eigenvalue weighted by atomic mass is 79.9. The largest absolute Gasteiger partial charge is 0.478 e. The summed E-state index contributed by atoms with van der Waals surface area (Å²) in [6.45, 7) is 4.85. The van der Waals surface area contributed by atoms with Gasteiger partial charge in [0.05, 0.1) is 16.7 Å². The summed E-state index contributed by atoms with van der Waals surface area (Å²) in [6.07, 6.45) is 2.10. The highest BCUT2D eigenvalue weighted by Gasteiger charge is 2.40.